The molecule has 0 bridgehead atoms. The molecule has 0 aliphatic rings. The van der Waals surface area contributed by atoms with Crippen molar-refractivity contribution >= 4 is 29.1 Å². The molecule has 2 aromatic rings. The first kappa shape index (κ1) is 17.3. The number of benzene rings is 1. The van der Waals surface area contributed by atoms with Gasteiger partial charge in [-0.05, 0) is 31.0 Å². The van der Waals surface area contributed by atoms with Gasteiger partial charge in [-0.2, -0.15) is 10.1 Å². The third-order valence-corrected chi connectivity index (χ3v) is 3.50. The summed E-state index contributed by atoms with van der Waals surface area (Å²) in [5.41, 5.74) is 0.705. The summed E-state index contributed by atoms with van der Waals surface area (Å²) in [6, 6.07) is 5.33. The fraction of sp³-hybridized carbons (Fsp3) is 0.438. The third-order valence-electron chi connectivity index (χ3n) is 3.27. The lowest BCUT2D eigenvalue weighted by atomic mass is 10.3. The highest BCUT2D eigenvalue weighted by molar-refractivity contribution is 6.30. The minimum absolute atomic E-state index is 0.417. The first-order chi connectivity index (χ1) is 11.2. The van der Waals surface area contributed by atoms with Gasteiger partial charge in [0.2, 0.25) is 5.95 Å². The summed E-state index contributed by atoms with van der Waals surface area (Å²) in [4.78, 5) is 6.76. The van der Waals surface area contributed by atoms with Gasteiger partial charge in [0.1, 0.15) is 5.75 Å². The zero-order valence-electron chi connectivity index (χ0n) is 13.7. The summed E-state index contributed by atoms with van der Waals surface area (Å²) in [5, 5.41) is 11.8. The van der Waals surface area contributed by atoms with Gasteiger partial charge in [-0.1, -0.05) is 25.4 Å². The molecule has 0 amide bonds. The molecule has 0 aliphatic carbocycles. The molecule has 0 fully saturated rings. The molecule has 0 saturated heterocycles. The summed E-state index contributed by atoms with van der Waals surface area (Å²) in [5.74, 6) is 1.90. The predicted molar refractivity (Wildman–Crippen MR) is 93.9 cm³/mol. The van der Waals surface area contributed by atoms with Gasteiger partial charge >= 0.3 is 0 Å². The van der Waals surface area contributed by atoms with E-state index in [2.05, 4.69) is 39.2 Å². The molecule has 6 nitrogen and oxygen atoms in total. The molecule has 124 valence electrons. The lowest BCUT2D eigenvalue weighted by Gasteiger charge is -2.22. The number of halogens is 1. The van der Waals surface area contributed by atoms with E-state index in [-0.39, 0.29) is 0 Å². The van der Waals surface area contributed by atoms with Gasteiger partial charge in [0, 0.05) is 18.1 Å². The summed E-state index contributed by atoms with van der Waals surface area (Å²) >= 11 is 6.04. The maximum atomic E-state index is 6.04. The van der Waals surface area contributed by atoms with E-state index in [1.807, 2.05) is 0 Å². The normalized spacial score (nSPS) is 10.4. The fourth-order valence-corrected chi connectivity index (χ4v) is 2.45. The van der Waals surface area contributed by atoms with Gasteiger partial charge in [0.25, 0.3) is 0 Å². The van der Waals surface area contributed by atoms with Crippen LogP contribution in [0.2, 0.25) is 5.02 Å². The Balaban J connectivity index is 2.24. The molecular weight excluding hydrogens is 314 g/mol. The van der Waals surface area contributed by atoms with E-state index in [1.165, 1.54) is 0 Å². The molecule has 0 spiro atoms. The summed E-state index contributed by atoms with van der Waals surface area (Å²) in [7, 11) is 1.61. The number of hydrogen-bond acceptors (Lipinski definition) is 6. The fourth-order valence-electron chi connectivity index (χ4n) is 2.28. The van der Waals surface area contributed by atoms with Crippen molar-refractivity contribution in [3.8, 4) is 5.75 Å². The predicted octanol–water partition coefficient (Wildman–Crippen LogP) is 3.90. The number of hydrogen-bond donors (Lipinski definition) is 1. The smallest absolute Gasteiger partial charge is 0.249 e. The van der Waals surface area contributed by atoms with Crippen LogP contribution >= 0.6 is 11.6 Å². The number of nitrogens with zero attached hydrogens (tertiary/aromatic N) is 4. The first-order valence-corrected chi connectivity index (χ1v) is 8.11. The molecule has 7 heteroatoms. The van der Waals surface area contributed by atoms with E-state index in [9.17, 15) is 0 Å². The highest BCUT2D eigenvalue weighted by Crippen LogP contribution is 2.29. The third kappa shape index (κ3) is 4.69. The Labute approximate surface area is 141 Å². The van der Waals surface area contributed by atoms with E-state index in [1.54, 1.807) is 31.5 Å². The van der Waals surface area contributed by atoms with Gasteiger partial charge in [-0.25, -0.2) is 0 Å². The maximum absolute atomic E-state index is 6.04. The number of rotatable bonds is 8. The average molecular weight is 336 g/mol. The standard InChI is InChI=1S/C16H22ClN5O/c1-4-8-22(9-5-2)15-11-18-21-16(20-15)19-13-10-12(17)6-7-14(13)23-3/h6-7,10-11H,4-5,8-9H2,1-3H3,(H,19,20,21). The van der Waals surface area contributed by atoms with Crippen LogP contribution in [0.15, 0.2) is 24.4 Å². The summed E-state index contributed by atoms with van der Waals surface area (Å²) in [6.45, 7) is 6.17. The highest BCUT2D eigenvalue weighted by Gasteiger charge is 2.10. The van der Waals surface area contributed by atoms with Crippen LogP contribution in [0, 0.1) is 0 Å². The van der Waals surface area contributed by atoms with Gasteiger partial charge < -0.3 is 15.0 Å². The minimum atomic E-state index is 0.417. The topological polar surface area (TPSA) is 63.2 Å². The van der Waals surface area contributed by atoms with Gasteiger partial charge in [0.05, 0.1) is 19.0 Å². The van der Waals surface area contributed by atoms with Crippen LogP contribution in [-0.4, -0.2) is 35.4 Å². The first-order valence-electron chi connectivity index (χ1n) is 7.73. The van der Waals surface area contributed by atoms with E-state index in [4.69, 9.17) is 16.3 Å². The van der Waals surface area contributed by atoms with Gasteiger partial charge in [-0.3, -0.25) is 0 Å². The van der Waals surface area contributed by atoms with E-state index < -0.39 is 0 Å². The molecular formula is C16H22ClN5O. The van der Waals surface area contributed by atoms with Crippen molar-refractivity contribution in [2.75, 3.05) is 30.4 Å². The van der Waals surface area contributed by atoms with Crippen molar-refractivity contribution in [3.05, 3.63) is 29.4 Å². The average Bonchev–Trinajstić information content (AvgIpc) is 2.55. The number of aromatic nitrogens is 3. The van der Waals surface area contributed by atoms with E-state index in [0.717, 1.165) is 31.7 Å². The van der Waals surface area contributed by atoms with Crippen LogP contribution in [0.1, 0.15) is 26.7 Å². The zero-order valence-corrected chi connectivity index (χ0v) is 14.5. The van der Waals surface area contributed by atoms with Crippen molar-refractivity contribution in [2.45, 2.75) is 26.7 Å². The number of methoxy groups -OCH3 is 1. The maximum Gasteiger partial charge on any atom is 0.249 e. The van der Waals surface area contributed by atoms with Crippen LogP contribution in [0.4, 0.5) is 17.5 Å². The molecule has 1 aromatic heterocycles. The Morgan fingerprint density at radius 3 is 2.61 bits per heavy atom. The molecule has 0 saturated carbocycles. The van der Waals surface area contributed by atoms with Crippen LogP contribution < -0.4 is 15.0 Å². The van der Waals surface area contributed by atoms with Crippen molar-refractivity contribution < 1.29 is 4.74 Å². The number of nitrogens with one attached hydrogen (secondary N) is 1. The molecule has 1 heterocycles. The largest absolute Gasteiger partial charge is 0.495 e. The molecule has 0 atom stereocenters. The van der Waals surface area contributed by atoms with Crippen LogP contribution in [0.3, 0.4) is 0 Å². The molecule has 23 heavy (non-hydrogen) atoms. The van der Waals surface area contributed by atoms with Crippen molar-refractivity contribution in [2.24, 2.45) is 0 Å². The molecule has 1 N–H and O–H groups in total. The molecule has 1 aromatic carbocycles. The molecule has 2 rings (SSSR count). The molecule has 0 aliphatic heterocycles. The van der Waals surface area contributed by atoms with Crippen molar-refractivity contribution in [3.63, 3.8) is 0 Å². The summed E-state index contributed by atoms with van der Waals surface area (Å²) < 4.78 is 5.32. The second-order valence-electron chi connectivity index (χ2n) is 5.09. The highest BCUT2D eigenvalue weighted by atomic mass is 35.5. The van der Waals surface area contributed by atoms with E-state index in [0.29, 0.717) is 22.4 Å². The quantitative estimate of drug-likeness (QED) is 0.789. The number of anilines is 3. The molecule has 0 unspecified atom stereocenters. The second kappa shape index (κ2) is 8.53. The van der Waals surface area contributed by atoms with Gasteiger partial charge in [0.15, 0.2) is 5.82 Å². The lowest BCUT2D eigenvalue weighted by molar-refractivity contribution is 0.417. The Morgan fingerprint density at radius 2 is 1.96 bits per heavy atom. The van der Waals surface area contributed by atoms with Gasteiger partial charge in [-0.15, -0.1) is 5.10 Å². The van der Waals surface area contributed by atoms with Crippen molar-refractivity contribution in [1.82, 2.24) is 15.2 Å². The lowest BCUT2D eigenvalue weighted by Crippen LogP contribution is -2.26. The Bertz CT molecular complexity index is 632. The second-order valence-corrected chi connectivity index (χ2v) is 5.53. The van der Waals surface area contributed by atoms with Crippen LogP contribution in [-0.2, 0) is 0 Å². The SMILES string of the molecule is CCCN(CCC)c1cnnc(Nc2cc(Cl)ccc2OC)n1. The van der Waals surface area contributed by atoms with Crippen molar-refractivity contribution in [1.29, 1.82) is 0 Å². The Hall–Kier alpha value is -2.08. The van der Waals surface area contributed by atoms with Crippen LogP contribution in [0.25, 0.3) is 0 Å². The monoisotopic (exact) mass is 335 g/mol. The Kier molecular flexibility index (Phi) is 6.40. The van der Waals surface area contributed by atoms with Crippen LogP contribution in [0.5, 0.6) is 5.75 Å². The zero-order chi connectivity index (χ0) is 16.7. The van der Waals surface area contributed by atoms with E-state index >= 15 is 0 Å². The molecule has 0 radical (unpaired) electrons. The summed E-state index contributed by atoms with van der Waals surface area (Å²) in [6.07, 6.45) is 3.79. The Morgan fingerprint density at radius 1 is 1.22 bits per heavy atom. The minimum Gasteiger partial charge on any atom is -0.495 e. The number of ether oxygens (including phenoxy) is 1.